The molecular formula is C8H5BF5KO2. The molecule has 0 N–H and O–H groups in total. The van der Waals surface area contributed by atoms with Crippen LogP contribution in [0.4, 0.5) is 21.7 Å². The van der Waals surface area contributed by atoms with Crippen molar-refractivity contribution in [3.05, 3.63) is 23.8 Å². The fourth-order valence-electron chi connectivity index (χ4n) is 1.44. The largest absolute Gasteiger partial charge is 1.00 e. The third-order valence-electron chi connectivity index (χ3n) is 1.96. The quantitative estimate of drug-likeness (QED) is 0.557. The van der Waals surface area contributed by atoms with E-state index >= 15 is 0 Å². The van der Waals surface area contributed by atoms with Gasteiger partial charge in [0.1, 0.15) is 0 Å². The molecule has 0 aliphatic carbocycles. The summed E-state index contributed by atoms with van der Waals surface area (Å²) in [7, 11) is 0. The minimum absolute atomic E-state index is 0. The average Bonchev–Trinajstić information content (AvgIpc) is 2.37. The standard InChI is InChI=1S/C8H5BF5O2.K/c10-8(11)15-6-3-1-2-5(7(6)16-8)4-9(12,13)14;/h1-3H,4H2;/q-1;+1. The van der Waals surface area contributed by atoms with Crippen LogP contribution < -0.4 is 60.9 Å². The second kappa shape index (κ2) is 5.04. The van der Waals surface area contributed by atoms with Gasteiger partial charge in [-0.15, -0.1) is 8.78 Å². The van der Waals surface area contributed by atoms with Gasteiger partial charge in [-0.3, -0.25) is 0 Å². The molecule has 0 bridgehead atoms. The van der Waals surface area contributed by atoms with Crippen molar-refractivity contribution in [1.29, 1.82) is 0 Å². The summed E-state index contributed by atoms with van der Waals surface area (Å²) in [5, 5.41) is 0. The third-order valence-corrected chi connectivity index (χ3v) is 1.96. The van der Waals surface area contributed by atoms with Gasteiger partial charge in [0.15, 0.2) is 11.5 Å². The Kier molecular flexibility index (Phi) is 4.52. The topological polar surface area (TPSA) is 18.5 Å². The zero-order valence-corrected chi connectivity index (χ0v) is 11.8. The first-order valence-electron chi connectivity index (χ1n) is 4.35. The smallest absolute Gasteiger partial charge is 0.449 e. The van der Waals surface area contributed by atoms with Crippen molar-refractivity contribution in [2.45, 2.75) is 12.6 Å². The van der Waals surface area contributed by atoms with Gasteiger partial charge in [0, 0.05) is 0 Å². The number of halogens is 5. The molecule has 0 spiro atoms. The number of benzene rings is 1. The molecule has 0 amide bonds. The third kappa shape index (κ3) is 3.82. The Bertz CT molecular complexity index is 423. The van der Waals surface area contributed by atoms with Gasteiger partial charge in [0.05, 0.1) is 0 Å². The Morgan fingerprint density at radius 2 is 1.76 bits per heavy atom. The van der Waals surface area contributed by atoms with Crippen LogP contribution in [0.5, 0.6) is 11.5 Å². The van der Waals surface area contributed by atoms with Gasteiger partial charge < -0.3 is 22.4 Å². The average molecular weight is 278 g/mol. The molecule has 88 valence electrons. The van der Waals surface area contributed by atoms with Crippen molar-refractivity contribution < 1.29 is 82.6 Å². The number of alkyl halides is 2. The number of fused-ring (bicyclic) bond motifs is 1. The Morgan fingerprint density at radius 1 is 1.12 bits per heavy atom. The van der Waals surface area contributed by atoms with Crippen LogP contribution in [0.3, 0.4) is 0 Å². The normalized spacial score (nSPS) is 16.5. The molecule has 1 aliphatic heterocycles. The molecule has 2 nitrogen and oxygen atoms in total. The van der Waals surface area contributed by atoms with Gasteiger partial charge in [-0.1, -0.05) is 18.5 Å². The summed E-state index contributed by atoms with van der Waals surface area (Å²) < 4.78 is 69.9. The molecule has 1 aliphatic rings. The van der Waals surface area contributed by atoms with E-state index in [0.29, 0.717) is 0 Å². The second-order valence-corrected chi connectivity index (χ2v) is 3.33. The summed E-state index contributed by atoms with van der Waals surface area (Å²) >= 11 is 0. The predicted octanol–water partition coefficient (Wildman–Crippen LogP) is -0.0588. The number of ether oxygens (including phenoxy) is 2. The van der Waals surface area contributed by atoms with Crippen molar-refractivity contribution in [3.8, 4) is 11.5 Å². The molecular weight excluding hydrogens is 273 g/mol. The molecule has 2 rings (SSSR count). The van der Waals surface area contributed by atoms with Gasteiger partial charge in [-0.2, -0.15) is 0 Å². The van der Waals surface area contributed by atoms with Crippen molar-refractivity contribution >= 4 is 6.98 Å². The molecule has 1 heterocycles. The maximum absolute atomic E-state index is 12.6. The Morgan fingerprint density at radius 3 is 2.35 bits per heavy atom. The zero-order chi connectivity index (χ0) is 12.0. The predicted molar refractivity (Wildman–Crippen MR) is 45.4 cm³/mol. The van der Waals surface area contributed by atoms with E-state index in [1.54, 1.807) is 0 Å². The molecule has 1 aromatic carbocycles. The van der Waals surface area contributed by atoms with E-state index in [1.165, 1.54) is 6.07 Å². The van der Waals surface area contributed by atoms with Gasteiger partial charge in [-0.05, 0) is 11.6 Å². The first-order chi connectivity index (χ1) is 7.27. The van der Waals surface area contributed by atoms with E-state index in [9.17, 15) is 21.7 Å². The monoisotopic (exact) mass is 278 g/mol. The van der Waals surface area contributed by atoms with Crippen LogP contribution >= 0.6 is 0 Å². The van der Waals surface area contributed by atoms with E-state index in [4.69, 9.17) is 0 Å². The molecule has 0 atom stereocenters. The van der Waals surface area contributed by atoms with Gasteiger partial charge >= 0.3 is 64.7 Å². The molecule has 9 heteroatoms. The first kappa shape index (κ1) is 15.2. The molecule has 0 unspecified atom stereocenters. The summed E-state index contributed by atoms with van der Waals surface area (Å²) in [4.78, 5) is 0. The Balaban J connectivity index is 0.00000144. The van der Waals surface area contributed by atoms with Crippen LogP contribution in [0.1, 0.15) is 5.56 Å². The van der Waals surface area contributed by atoms with Crippen LogP contribution in [0.25, 0.3) is 0 Å². The molecule has 0 saturated carbocycles. The number of hydrogen-bond acceptors (Lipinski definition) is 2. The van der Waals surface area contributed by atoms with Crippen LogP contribution in [0.15, 0.2) is 18.2 Å². The fourth-order valence-corrected chi connectivity index (χ4v) is 1.44. The van der Waals surface area contributed by atoms with Crippen LogP contribution in [0, 0.1) is 0 Å². The van der Waals surface area contributed by atoms with E-state index in [-0.39, 0.29) is 62.7 Å². The summed E-state index contributed by atoms with van der Waals surface area (Å²) in [6, 6.07) is 3.42. The summed E-state index contributed by atoms with van der Waals surface area (Å²) in [5.74, 6) is -0.908. The van der Waals surface area contributed by atoms with Gasteiger partial charge in [-0.25, -0.2) is 0 Å². The maximum atomic E-state index is 12.6. The summed E-state index contributed by atoms with van der Waals surface area (Å²) in [6.45, 7) is -5.11. The summed E-state index contributed by atoms with van der Waals surface area (Å²) in [6.07, 6.45) is -5.17. The Hall–Kier alpha value is 0.171. The first-order valence-corrected chi connectivity index (χ1v) is 4.35. The van der Waals surface area contributed by atoms with E-state index in [1.807, 2.05) is 0 Å². The summed E-state index contributed by atoms with van der Waals surface area (Å²) in [5.41, 5.74) is -0.345. The minimum atomic E-state index is -5.11. The van der Waals surface area contributed by atoms with Crippen LogP contribution in [0.2, 0.25) is 0 Å². The second-order valence-electron chi connectivity index (χ2n) is 3.33. The Labute approximate surface area is 136 Å². The molecule has 0 radical (unpaired) electrons. The van der Waals surface area contributed by atoms with Crippen molar-refractivity contribution in [1.82, 2.24) is 0 Å². The van der Waals surface area contributed by atoms with E-state index in [2.05, 4.69) is 9.47 Å². The fraction of sp³-hybridized carbons (Fsp3) is 0.250. The number of rotatable bonds is 2. The molecule has 1 aromatic rings. The number of hydrogen-bond donors (Lipinski definition) is 0. The van der Waals surface area contributed by atoms with Crippen molar-refractivity contribution in [3.63, 3.8) is 0 Å². The number of para-hydroxylation sites is 1. The van der Waals surface area contributed by atoms with E-state index < -0.39 is 25.3 Å². The molecule has 17 heavy (non-hydrogen) atoms. The van der Waals surface area contributed by atoms with Crippen molar-refractivity contribution in [2.75, 3.05) is 0 Å². The molecule has 0 fully saturated rings. The molecule has 0 aromatic heterocycles. The van der Waals surface area contributed by atoms with Gasteiger partial charge in [0.2, 0.25) is 0 Å². The van der Waals surface area contributed by atoms with Gasteiger partial charge in [0.25, 0.3) is 0 Å². The SMILES string of the molecule is F[B-](F)(F)Cc1cccc2c1OC(F)(F)O2.[K+]. The van der Waals surface area contributed by atoms with Crippen LogP contribution in [-0.4, -0.2) is 13.3 Å². The van der Waals surface area contributed by atoms with E-state index in [0.717, 1.165) is 12.1 Å². The van der Waals surface area contributed by atoms with Crippen molar-refractivity contribution in [2.24, 2.45) is 0 Å². The maximum Gasteiger partial charge on any atom is 1.00 e. The van der Waals surface area contributed by atoms with Crippen LogP contribution in [-0.2, 0) is 6.32 Å². The minimum Gasteiger partial charge on any atom is -0.449 e. The zero-order valence-electron chi connectivity index (χ0n) is 8.72. The molecule has 0 saturated heterocycles.